The molecule has 2 heterocycles. The van der Waals surface area contributed by atoms with E-state index in [1.54, 1.807) is 12.1 Å². The molecule has 1 aromatic rings. The maximum absolute atomic E-state index is 12.3. The fourth-order valence-electron chi connectivity index (χ4n) is 3.01. The molecule has 3 unspecified atom stereocenters. The topological polar surface area (TPSA) is 26.3 Å². The number of fused-ring (bicyclic) bond motifs is 2. The minimum atomic E-state index is -4.68. The molecule has 0 spiro atoms. The molecule has 21 heavy (non-hydrogen) atoms. The summed E-state index contributed by atoms with van der Waals surface area (Å²) in [6, 6.07) is 6.03. The van der Waals surface area contributed by atoms with Gasteiger partial charge >= 0.3 is 6.36 Å². The van der Waals surface area contributed by atoms with Crippen LogP contribution in [0.15, 0.2) is 30.3 Å². The van der Waals surface area contributed by atoms with Gasteiger partial charge in [-0.25, -0.2) is 0 Å². The maximum atomic E-state index is 12.3. The molecule has 0 amide bonds. The summed E-state index contributed by atoms with van der Waals surface area (Å²) in [5.41, 5.74) is 1.71. The van der Waals surface area contributed by atoms with E-state index in [9.17, 15) is 17.4 Å². The number of ether oxygens (including phenoxy) is 1. The highest BCUT2D eigenvalue weighted by molar-refractivity contribution is 7.86. The summed E-state index contributed by atoms with van der Waals surface area (Å²) in [4.78, 5) is 0. The Balaban J connectivity index is 1.87. The van der Waals surface area contributed by atoms with Crippen LogP contribution in [0.5, 0.6) is 5.75 Å². The molecule has 3 rings (SSSR count). The van der Waals surface area contributed by atoms with E-state index >= 15 is 0 Å². The summed E-state index contributed by atoms with van der Waals surface area (Å²) in [5, 5.41) is 0.177. The summed E-state index contributed by atoms with van der Waals surface area (Å²) in [6.07, 6.45) is 0.848. The van der Waals surface area contributed by atoms with Crippen LogP contribution in [0, 0.1) is 0 Å². The van der Waals surface area contributed by atoms with E-state index in [0.717, 1.165) is 30.4 Å². The second kappa shape index (κ2) is 5.48. The number of benzene rings is 1. The van der Waals surface area contributed by atoms with Gasteiger partial charge < -0.3 is 4.74 Å². The summed E-state index contributed by atoms with van der Waals surface area (Å²) < 4.78 is 52.9. The molecule has 0 N–H and O–H groups in total. The van der Waals surface area contributed by atoms with Crippen molar-refractivity contribution < 1.29 is 22.1 Å². The quantitative estimate of drug-likeness (QED) is 0.823. The molecule has 3 atom stereocenters. The first-order valence-electron chi connectivity index (χ1n) is 6.88. The lowest BCUT2D eigenvalue weighted by Crippen LogP contribution is -2.33. The van der Waals surface area contributed by atoms with Crippen LogP contribution in [0.1, 0.15) is 31.2 Å². The Kier molecular flexibility index (Phi) is 3.82. The van der Waals surface area contributed by atoms with E-state index in [1.165, 1.54) is 12.1 Å². The minimum Gasteiger partial charge on any atom is -0.406 e. The van der Waals surface area contributed by atoms with Crippen molar-refractivity contribution in [2.24, 2.45) is 0 Å². The van der Waals surface area contributed by atoms with Gasteiger partial charge in [-0.15, -0.1) is 13.2 Å². The summed E-state index contributed by atoms with van der Waals surface area (Å²) in [7, 11) is -0.839. The first-order valence-corrected chi connectivity index (χ1v) is 8.16. The normalized spacial score (nSPS) is 28.9. The summed E-state index contributed by atoms with van der Waals surface area (Å²) >= 11 is 0. The van der Waals surface area contributed by atoms with Crippen LogP contribution in [-0.4, -0.2) is 21.1 Å². The van der Waals surface area contributed by atoms with Crippen molar-refractivity contribution in [3.8, 4) is 5.75 Å². The van der Waals surface area contributed by atoms with Crippen LogP contribution in [0.4, 0.5) is 13.2 Å². The molecule has 1 fully saturated rings. The van der Waals surface area contributed by atoms with Crippen LogP contribution in [0.25, 0.3) is 5.57 Å². The number of halogens is 3. The number of rotatable bonds is 2. The Morgan fingerprint density at radius 1 is 1.24 bits per heavy atom. The van der Waals surface area contributed by atoms with Crippen molar-refractivity contribution in [1.82, 2.24) is 0 Å². The van der Waals surface area contributed by atoms with Crippen LogP contribution < -0.4 is 4.74 Å². The van der Waals surface area contributed by atoms with Gasteiger partial charge in [0.2, 0.25) is 0 Å². The van der Waals surface area contributed by atoms with E-state index in [2.05, 4.69) is 4.74 Å². The molecule has 0 aromatic heterocycles. The Labute approximate surface area is 123 Å². The van der Waals surface area contributed by atoms with Crippen LogP contribution >= 0.6 is 0 Å². The number of alkyl halides is 3. The van der Waals surface area contributed by atoms with Gasteiger partial charge in [0.25, 0.3) is 0 Å². The molecule has 114 valence electrons. The smallest absolute Gasteiger partial charge is 0.406 e. The van der Waals surface area contributed by atoms with E-state index in [0.29, 0.717) is 6.42 Å². The molecule has 0 saturated carbocycles. The highest BCUT2D eigenvalue weighted by atomic mass is 32.2. The van der Waals surface area contributed by atoms with E-state index in [1.807, 2.05) is 6.08 Å². The Morgan fingerprint density at radius 3 is 2.76 bits per heavy atom. The predicted octanol–water partition coefficient (Wildman–Crippen LogP) is 4.04. The van der Waals surface area contributed by atoms with Crippen LogP contribution in [-0.2, 0) is 10.8 Å². The zero-order chi connectivity index (χ0) is 15.0. The molecule has 0 aliphatic carbocycles. The third-order valence-electron chi connectivity index (χ3n) is 3.91. The zero-order valence-electron chi connectivity index (χ0n) is 11.2. The molecule has 0 radical (unpaired) electrons. The van der Waals surface area contributed by atoms with Crippen molar-refractivity contribution in [3.63, 3.8) is 0 Å². The Hall–Kier alpha value is -1.30. The molecule has 2 aliphatic rings. The molecule has 2 bridgehead atoms. The van der Waals surface area contributed by atoms with Gasteiger partial charge in [-0.1, -0.05) is 24.6 Å². The average molecular weight is 316 g/mol. The molecular formula is C15H15F3O2S. The van der Waals surface area contributed by atoms with E-state index in [4.69, 9.17) is 0 Å². The second-order valence-electron chi connectivity index (χ2n) is 5.39. The minimum absolute atomic E-state index is 0.0414. The van der Waals surface area contributed by atoms with Gasteiger partial charge in [0.05, 0.1) is 5.25 Å². The van der Waals surface area contributed by atoms with Gasteiger partial charge in [-0.2, -0.15) is 0 Å². The van der Waals surface area contributed by atoms with Gasteiger partial charge in [0.15, 0.2) is 0 Å². The summed E-state index contributed by atoms with van der Waals surface area (Å²) in [5.74, 6) is -0.210. The first kappa shape index (κ1) is 14.6. The monoisotopic (exact) mass is 316 g/mol. The summed E-state index contributed by atoms with van der Waals surface area (Å²) in [6.45, 7) is 0. The maximum Gasteiger partial charge on any atom is 0.573 e. The molecule has 2 nitrogen and oxygen atoms in total. The van der Waals surface area contributed by atoms with Gasteiger partial charge in [-0.05, 0) is 42.5 Å². The van der Waals surface area contributed by atoms with Crippen molar-refractivity contribution in [2.75, 3.05) is 0 Å². The molecule has 1 aromatic carbocycles. The largest absolute Gasteiger partial charge is 0.573 e. The molecule has 1 saturated heterocycles. The number of allylic oxidation sites excluding steroid dienone is 1. The van der Waals surface area contributed by atoms with Crippen molar-refractivity contribution in [2.45, 2.75) is 42.5 Å². The standard InChI is InChI=1S/C15H15F3O2S/c16-15(17,18)20-12-4-1-3-10(7-12)11-8-13-5-2-6-14(9-11)21(13)19/h1,3-4,7-8,13-14H,2,5-6,9H2. The van der Waals surface area contributed by atoms with E-state index < -0.39 is 17.2 Å². The SMILES string of the molecule is O=S1C2C=C(c3cccc(OC(F)(F)F)c3)CC1CCC2. The van der Waals surface area contributed by atoms with Crippen molar-refractivity contribution >= 4 is 16.4 Å². The lowest BCUT2D eigenvalue weighted by Gasteiger charge is -2.32. The molecule has 2 aliphatic heterocycles. The Bertz CT molecular complexity index is 595. The first-order chi connectivity index (χ1) is 9.92. The van der Waals surface area contributed by atoms with Crippen LogP contribution in [0.2, 0.25) is 0 Å². The van der Waals surface area contributed by atoms with E-state index in [-0.39, 0.29) is 16.2 Å². The van der Waals surface area contributed by atoms with Crippen molar-refractivity contribution in [1.29, 1.82) is 0 Å². The van der Waals surface area contributed by atoms with Gasteiger partial charge in [0.1, 0.15) is 5.75 Å². The molecule has 6 heteroatoms. The highest BCUT2D eigenvalue weighted by Gasteiger charge is 2.34. The predicted molar refractivity (Wildman–Crippen MR) is 75.3 cm³/mol. The van der Waals surface area contributed by atoms with Gasteiger partial charge in [0, 0.05) is 16.0 Å². The second-order valence-corrected chi connectivity index (χ2v) is 7.32. The highest BCUT2D eigenvalue weighted by Crippen LogP contribution is 2.38. The number of hydrogen-bond acceptors (Lipinski definition) is 2. The van der Waals surface area contributed by atoms with Gasteiger partial charge in [-0.3, -0.25) is 4.21 Å². The third-order valence-corrected chi connectivity index (χ3v) is 5.94. The lowest BCUT2D eigenvalue weighted by molar-refractivity contribution is -0.274. The zero-order valence-corrected chi connectivity index (χ0v) is 12.0. The third kappa shape index (κ3) is 3.31. The molecular weight excluding hydrogens is 301 g/mol. The number of hydrogen-bond donors (Lipinski definition) is 0. The van der Waals surface area contributed by atoms with Crippen LogP contribution in [0.3, 0.4) is 0 Å². The Morgan fingerprint density at radius 2 is 2.05 bits per heavy atom. The lowest BCUT2D eigenvalue weighted by atomic mass is 9.93. The average Bonchev–Trinajstić information content (AvgIpc) is 2.36. The van der Waals surface area contributed by atoms with Crippen molar-refractivity contribution in [3.05, 3.63) is 35.9 Å². The fourth-order valence-corrected chi connectivity index (χ4v) is 4.94. The fraction of sp³-hybridized carbons (Fsp3) is 0.467.